The van der Waals surface area contributed by atoms with Gasteiger partial charge in [-0.05, 0) is 32.1 Å². The number of rotatable bonds is 4. The number of nitrogens with two attached hydrogens (primary N) is 1. The molecule has 0 atom stereocenters. The van der Waals surface area contributed by atoms with E-state index in [1.165, 1.54) is 0 Å². The Morgan fingerprint density at radius 1 is 1.31 bits per heavy atom. The summed E-state index contributed by atoms with van der Waals surface area (Å²) in [7, 11) is 3.15. The smallest absolute Gasteiger partial charge is 0.279 e. The molecule has 0 bridgehead atoms. The summed E-state index contributed by atoms with van der Waals surface area (Å²) in [6.45, 7) is 3.71. The lowest BCUT2D eigenvalue weighted by atomic mass is 10.1. The molecule has 0 heterocycles. The minimum atomic E-state index is 0.406. The molecule has 2 N–H and O–H groups in total. The summed E-state index contributed by atoms with van der Waals surface area (Å²) in [5, 5.41) is 0. The maximum Gasteiger partial charge on any atom is 0.279 e. The lowest BCUT2D eigenvalue weighted by Gasteiger charge is -2.14. The summed E-state index contributed by atoms with van der Waals surface area (Å²) in [6, 6.07) is 3.55. The van der Waals surface area contributed by atoms with Crippen LogP contribution in [0.4, 0.5) is 5.69 Å². The third kappa shape index (κ3) is 2.39. The van der Waals surface area contributed by atoms with E-state index in [1.54, 1.807) is 32.4 Å². The molecule has 0 aliphatic carbocycles. The van der Waals surface area contributed by atoms with Gasteiger partial charge < -0.3 is 19.9 Å². The molecule has 0 aliphatic rings. The highest BCUT2D eigenvalue weighted by Gasteiger charge is 2.11. The van der Waals surface area contributed by atoms with E-state index in [0.717, 1.165) is 11.3 Å². The van der Waals surface area contributed by atoms with Crippen LogP contribution in [0.15, 0.2) is 24.2 Å². The molecule has 4 nitrogen and oxygen atoms in total. The highest BCUT2D eigenvalue weighted by atomic mass is 16.7. The fourth-order valence-electron chi connectivity index (χ4n) is 1.37. The first-order valence-corrected chi connectivity index (χ1v) is 4.95. The van der Waals surface area contributed by atoms with Crippen molar-refractivity contribution >= 4 is 5.69 Å². The van der Waals surface area contributed by atoms with Gasteiger partial charge in [-0.25, -0.2) is 0 Å². The van der Waals surface area contributed by atoms with Crippen LogP contribution in [0.2, 0.25) is 0 Å². The highest BCUT2D eigenvalue weighted by molar-refractivity contribution is 5.61. The first-order valence-electron chi connectivity index (χ1n) is 4.95. The molecule has 1 aromatic rings. The summed E-state index contributed by atoms with van der Waals surface area (Å²) in [5.74, 6) is 1.70. The van der Waals surface area contributed by atoms with E-state index in [-0.39, 0.29) is 0 Å². The van der Waals surface area contributed by atoms with E-state index in [0.29, 0.717) is 17.4 Å². The van der Waals surface area contributed by atoms with Crippen molar-refractivity contribution in [2.24, 2.45) is 0 Å². The predicted octanol–water partition coefficient (Wildman–Crippen LogP) is 2.47. The minimum Gasteiger partial charge on any atom is -0.496 e. The van der Waals surface area contributed by atoms with E-state index >= 15 is 0 Å². The summed E-state index contributed by atoms with van der Waals surface area (Å²) in [5.41, 5.74) is 7.24. The van der Waals surface area contributed by atoms with Crippen LogP contribution in [0.5, 0.6) is 11.5 Å². The Bertz CT molecular complexity index is 399. The number of benzene rings is 1. The van der Waals surface area contributed by atoms with Gasteiger partial charge in [0.05, 0.1) is 19.9 Å². The molecule has 0 aromatic heterocycles. The molecule has 16 heavy (non-hydrogen) atoms. The molecule has 4 heteroatoms. The lowest BCUT2D eigenvalue weighted by molar-refractivity contribution is 0.150. The summed E-state index contributed by atoms with van der Waals surface area (Å²) in [6.07, 6.45) is 1.72. The van der Waals surface area contributed by atoms with Gasteiger partial charge in [0.25, 0.3) is 5.95 Å². The van der Waals surface area contributed by atoms with Crippen LogP contribution < -0.4 is 15.2 Å². The SMILES string of the molecule is C/C=C(\OC)Oc1c(N)ccc(OC)c1C. The van der Waals surface area contributed by atoms with E-state index in [1.807, 2.05) is 13.8 Å². The van der Waals surface area contributed by atoms with Crippen molar-refractivity contribution in [3.8, 4) is 11.5 Å². The third-order valence-corrected chi connectivity index (χ3v) is 2.25. The van der Waals surface area contributed by atoms with Crippen molar-refractivity contribution in [2.75, 3.05) is 20.0 Å². The van der Waals surface area contributed by atoms with E-state index in [9.17, 15) is 0 Å². The molecule has 88 valence electrons. The molecular formula is C12H17NO3. The summed E-state index contributed by atoms with van der Waals surface area (Å²) in [4.78, 5) is 0. The Labute approximate surface area is 95.6 Å². The number of hydrogen-bond donors (Lipinski definition) is 1. The zero-order chi connectivity index (χ0) is 12.1. The monoisotopic (exact) mass is 223 g/mol. The summed E-state index contributed by atoms with van der Waals surface area (Å²) < 4.78 is 15.8. The van der Waals surface area contributed by atoms with Crippen molar-refractivity contribution in [3.05, 3.63) is 29.7 Å². The van der Waals surface area contributed by atoms with Crippen LogP contribution in [0.3, 0.4) is 0 Å². The van der Waals surface area contributed by atoms with E-state index in [4.69, 9.17) is 19.9 Å². The second-order valence-corrected chi connectivity index (χ2v) is 3.23. The fourth-order valence-corrected chi connectivity index (χ4v) is 1.37. The van der Waals surface area contributed by atoms with Gasteiger partial charge in [-0.2, -0.15) is 0 Å². The molecule has 0 radical (unpaired) electrons. The van der Waals surface area contributed by atoms with Crippen molar-refractivity contribution < 1.29 is 14.2 Å². The van der Waals surface area contributed by atoms with Crippen molar-refractivity contribution in [1.82, 2.24) is 0 Å². The van der Waals surface area contributed by atoms with Crippen LogP contribution >= 0.6 is 0 Å². The van der Waals surface area contributed by atoms with Gasteiger partial charge >= 0.3 is 0 Å². The lowest BCUT2D eigenvalue weighted by Crippen LogP contribution is -2.03. The molecule has 0 fully saturated rings. The van der Waals surface area contributed by atoms with Gasteiger partial charge in [0.1, 0.15) is 5.75 Å². The van der Waals surface area contributed by atoms with Crippen LogP contribution in [-0.4, -0.2) is 14.2 Å². The molecule has 0 amide bonds. The summed E-state index contributed by atoms with van der Waals surface area (Å²) >= 11 is 0. The molecule has 0 aliphatic heterocycles. The normalized spacial score (nSPS) is 11.1. The van der Waals surface area contributed by atoms with Gasteiger partial charge in [-0.1, -0.05) is 0 Å². The molecule has 1 aromatic carbocycles. The first-order chi connectivity index (χ1) is 7.63. The van der Waals surface area contributed by atoms with Gasteiger partial charge in [0, 0.05) is 5.56 Å². The third-order valence-electron chi connectivity index (χ3n) is 2.25. The maximum atomic E-state index is 5.84. The molecular weight excluding hydrogens is 206 g/mol. The zero-order valence-electron chi connectivity index (χ0n) is 10.0. The molecule has 0 unspecified atom stereocenters. The number of anilines is 1. The Morgan fingerprint density at radius 3 is 2.50 bits per heavy atom. The molecule has 0 spiro atoms. The second kappa shape index (κ2) is 5.30. The van der Waals surface area contributed by atoms with Crippen molar-refractivity contribution in [3.63, 3.8) is 0 Å². The quantitative estimate of drug-likeness (QED) is 0.629. The number of hydrogen-bond acceptors (Lipinski definition) is 4. The van der Waals surface area contributed by atoms with Crippen LogP contribution in [-0.2, 0) is 4.74 Å². The Balaban J connectivity index is 3.12. The van der Waals surface area contributed by atoms with Gasteiger partial charge in [-0.3, -0.25) is 0 Å². The van der Waals surface area contributed by atoms with Crippen molar-refractivity contribution in [2.45, 2.75) is 13.8 Å². The number of methoxy groups -OCH3 is 2. The van der Waals surface area contributed by atoms with E-state index in [2.05, 4.69) is 0 Å². The van der Waals surface area contributed by atoms with Gasteiger partial charge in [0.2, 0.25) is 0 Å². The topological polar surface area (TPSA) is 53.7 Å². The Hall–Kier alpha value is -1.84. The van der Waals surface area contributed by atoms with Gasteiger partial charge in [0.15, 0.2) is 5.75 Å². The fraction of sp³-hybridized carbons (Fsp3) is 0.333. The Morgan fingerprint density at radius 2 is 2.00 bits per heavy atom. The maximum absolute atomic E-state index is 5.84. The first kappa shape index (κ1) is 12.2. The molecule has 0 saturated carbocycles. The largest absolute Gasteiger partial charge is 0.496 e. The number of nitrogen functional groups attached to an aromatic ring is 1. The number of ether oxygens (including phenoxy) is 3. The highest BCUT2D eigenvalue weighted by Crippen LogP contribution is 2.34. The Kier molecular flexibility index (Phi) is 4.05. The van der Waals surface area contributed by atoms with E-state index < -0.39 is 0 Å². The van der Waals surface area contributed by atoms with Gasteiger partial charge in [-0.15, -0.1) is 0 Å². The standard InChI is InChI=1S/C12H17NO3/c1-5-11(15-4)16-12-8(2)10(14-3)7-6-9(12)13/h5-7H,13H2,1-4H3/b11-5+. The van der Waals surface area contributed by atoms with Crippen LogP contribution in [0.25, 0.3) is 0 Å². The molecule has 1 rings (SSSR count). The molecule has 0 saturated heterocycles. The van der Waals surface area contributed by atoms with Crippen LogP contribution in [0, 0.1) is 6.92 Å². The zero-order valence-corrected chi connectivity index (χ0v) is 10.0. The van der Waals surface area contributed by atoms with Crippen LogP contribution in [0.1, 0.15) is 12.5 Å². The number of allylic oxidation sites excluding steroid dienone is 1. The predicted molar refractivity (Wildman–Crippen MR) is 63.5 cm³/mol. The van der Waals surface area contributed by atoms with Crippen molar-refractivity contribution in [1.29, 1.82) is 0 Å². The average Bonchev–Trinajstić information content (AvgIpc) is 2.30. The minimum absolute atomic E-state index is 0.406. The average molecular weight is 223 g/mol. The second-order valence-electron chi connectivity index (χ2n) is 3.23.